The van der Waals surface area contributed by atoms with Crippen LogP contribution >= 0.6 is 0 Å². The number of benzene rings is 1. The van der Waals surface area contributed by atoms with E-state index in [1.54, 1.807) is 24.3 Å². The molecule has 4 saturated carbocycles. The predicted molar refractivity (Wildman–Crippen MR) is 106 cm³/mol. The molecule has 6 heteroatoms. The third-order valence-electron chi connectivity index (χ3n) is 6.73. The summed E-state index contributed by atoms with van der Waals surface area (Å²) in [5.41, 5.74) is 1.23. The van der Waals surface area contributed by atoms with Crippen LogP contribution in [0.1, 0.15) is 48.9 Å². The molecule has 4 aliphatic carbocycles. The van der Waals surface area contributed by atoms with Crippen molar-refractivity contribution in [2.45, 2.75) is 38.5 Å². The Morgan fingerprint density at radius 2 is 1.71 bits per heavy atom. The van der Waals surface area contributed by atoms with Crippen LogP contribution in [0.25, 0.3) is 0 Å². The molecule has 4 bridgehead atoms. The Morgan fingerprint density at radius 1 is 1.07 bits per heavy atom. The Hall–Kier alpha value is -2.08. The third kappa shape index (κ3) is 4.17. The lowest BCUT2D eigenvalue weighted by Crippen LogP contribution is -2.51. The van der Waals surface area contributed by atoms with Crippen LogP contribution in [0, 0.1) is 23.2 Å². The van der Waals surface area contributed by atoms with Crippen molar-refractivity contribution in [3.8, 4) is 0 Å². The molecule has 28 heavy (non-hydrogen) atoms. The van der Waals surface area contributed by atoms with Crippen molar-refractivity contribution in [1.29, 1.82) is 0 Å². The van der Waals surface area contributed by atoms with Gasteiger partial charge in [0.05, 0.1) is 12.2 Å². The summed E-state index contributed by atoms with van der Waals surface area (Å²) in [5, 5.41) is 15.0. The molecule has 0 unspecified atom stereocenters. The van der Waals surface area contributed by atoms with Gasteiger partial charge in [-0.05, 0) is 73.8 Å². The summed E-state index contributed by atoms with van der Waals surface area (Å²) in [5.74, 6) is 1.78. The number of anilines is 1. The molecule has 5 rings (SSSR count). The fourth-order valence-electron chi connectivity index (χ4n) is 6.06. The summed E-state index contributed by atoms with van der Waals surface area (Å²) >= 11 is 0. The summed E-state index contributed by atoms with van der Waals surface area (Å²) < 4.78 is 5.23. The number of amides is 1. The summed E-state index contributed by atoms with van der Waals surface area (Å²) in [7, 11) is 0. The smallest absolute Gasteiger partial charge is 0.340 e. The van der Waals surface area contributed by atoms with Crippen molar-refractivity contribution < 1.29 is 19.4 Å². The number of aliphatic hydroxyl groups excluding tert-OH is 1. The zero-order valence-electron chi connectivity index (χ0n) is 16.3. The van der Waals surface area contributed by atoms with Crippen molar-refractivity contribution in [1.82, 2.24) is 5.32 Å². The molecule has 0 radical (unpaired) electrons. The van der Waals surface area contributed by atoms with Crippen molar-refractivity contribution in [2.75, 3.05) is 31.6 Å². The highest BCUT2D eigenvalue weighted by Gasteiger charge is 2.50. The molecule has 4 aliphatic rings. The summed E-state index contributed by atoms with van der Waals surface area (Å²) in [6, 6.07) is 6.94. The van der Waals surface area contributed by atoms with Crippen LogP contribution in [0.2, 0.25) is 0 Å². The topological polar surface area (TPSA) is 87.7 Å². The van der Waals surface area contributed by atoms with E-state index >= 15 is 0 Å². The maximum Gasteiger partial charge on any atom is 0.340 e. The maximum atomic E-state index is 12.4. The van der Waals surface area contributed by atoms with E-state index in [0.717, 1.165) is 17.8 Å². The van der Waals surface area contributed by atoms with E-state index in [2.05, 4.69) is 10.6 Å². The number of nitrogens with one attached hydrogen (secondary N) is 2. The highest BCUT2D eigenvalue weighted by atomic mass is 16.5. The molecule has 0 aromatic heterocycles. The first-order valence-electron chi connectivity index (χ1n) is 10.4. The minimum absolute atomic E-state index is 0.0316. The predicted octanol–water partition coefficient (Wildman–Crippen LogP) is 2.58. The van der Waals surface area contributed by atoms with Gasteiger partial charge in [0.25, 0.3) is 5.91 Å². The van der Waals surface area contributed by atoms with Crippen LogP contribution in [0.15, 0.2) is 24.3 Å². The highest BCUT2D eigenvalue weighted by Crippen LogP contribution is 2.59. The number of hydrogen-bond acceptors (Lipinski definition) is 5. The molecule has 0 atom stereocenters. The number of rotatable bonds is 8. The zero-order valence-corrected chi connectivity index (χ0v) is 16.3. The van der Waals surface area contributed by atoms with E-state index in [-0.39, 0.29) is 24.5 Å². The van der Waals surface area contributed by atoms with Crippen molar-refractivity contribution >= 4 is 17.6 Å². The molecule has 152 valence electrons. The fraction of sp³-hybridized carbons (Fsp3) is 0.636. The lowest BCUT2D eigenvalue weighted by atomic mass is 9.49. The van der Waals surface area contributed by atoms with Crippen LogP contribution in [0.4, 0.5) is 5.69 Å². The molecule has 1 aromatic rings. The Kier molecular flexibility index (Phi) is 5.58. The van der Waals surface area contributed by atoms with E-state index in [9.17, 15) is 9.59 Å². The van der Waals surface area contributed by atoms with Crippen LogP contribution in [-0.2, 0) is 9.53 Å². The van der Waals surface area contributed by atoms with E-state index < -0.39 is 5.97 Å². The van der Waals surface area contributed by atoms with Gasteiger partial charge in [0.1, 0.15) is 0 Å². The van der Waals surface area contributed by atoms with Gasteiger partial charge in [0, 0.05) is 18.8 Å². The van der Waals surface area contributed by atoms with E-state index in [0.29, 0.717) is 24.3 Å². The largest absolute Gasteiger partial charge is 0.452 e. The van der Waals surface area contributed by atoms with Gasteiger partial charge in [-0.25, -0.2) is 4.79 Å². The Bertz CT molecular complexity index is 698. The second kappa shape index (κ2) is 8.11. The molecular weight excluding hydrogens is 356 g/mol. The quantitative estimate of drug-likeness (QED) is 0.598. The van der Waals surface area contributed by atoms with Crippen molar-refractivity contribution in [3.63, 3.8) is 0 Å². The van der Waals surface area contributed by atoms with Gasteiger partial charge in [0.15, 0.2) is 6.61 Å². The number of hydrogen-bond donors (Lipinski definition) is 3. The Labute approximate surface area is 166 Å². The standard InChI is InChI=1S/C22H30N2O4/c25-6-5-23-19-4-2-1-3-18(19)21(27)28-13-20(26)24-14-22-10-15-7-16(11-22)9-17(8-15)12-22/h1-4,15-17,23,25H,5-14H2,(H,24,26). The second-order valence-electron chi connectivity index (χ2n) is 8.97. The normalized spacial score (nSPS) is 30.1. The number of ether oxygens (including phenoxy) is 1. The number of carbonyl (C=O) groups excluding carboxylic acids is 2. The van der Waals surface area contributed by atoms with Gasteiger partial charge in [-0.1, -0.05) is 12.1 Å². The minimum Gasteiger partial charge on any atom is -0.452 e. The minimum atomic E-state index is -0.536. The van der Waals surface area contributed by atoms with Crippen LogP contribution in [0.3, 0.4) is 0 Å². The van der Waals surface area contributed by atoms with Crippen molar-refractivity contribution in [2.24, 2.45) is 23.2 Å². The summed E-state index contributed by atoms with van der Waals surface area (Å²) in [4.78, 5) is 24.6. The Morgan fingerprint density at radius 3 is 2.36 bits per heavy atom. The SMILES string of the molecule is O=C(COC(=O)c1ccccc1NCCO)NCC12CC3CC(CC(C3)C1)C2. The molecular formula is C22H30N2O4. The van der Waals surface area contributed by atoms with Crippen LogP contribution in [0.5, 0.6) is 0 Å². The monoisotopic (exact) mass is 386 g/mol. The molecule has 1 amide bonds. The van der Waals surface area contributed by atoms with Crippen molar-refractivity contribution in [3.05, 3.63) is 29.8 Å². The molecule has 0 heterocycles. The van der Waals surface area contributed by atoms with E-state index in [4.69, 9.17) is 9.84 Å². The highest BCUT2D eigenvalue weighted by molar-refractivity contribution is 5.96. The summed E-state index contributed by atoms with van der Waals surface area (Å²) in [6.45, 7) is 0.757. The first-order chi connectivity index (χ1) is 13.6. The number of aliphatic hydroxyl groups is 1. The first kappa shape index (κ1) is 19.2. The van der Waals surface area contributed by atoms with Crippen LogP contribution in [-0.4, -0.2) is 43.3 Å². The third-order valence-corrected chi connectivity index (χ3v) is 6.73. The van der Waals surface area contributed by atoms with Gasteiger partial charge in [-0.3, -0.25) is 4.79 Å². The molecule has 3 N–H and O–H groups in total. The Balaban J connectivity index is 1.27. The van der Waals surface area contributed by atoms with Gasteiger partial charge in [0.2, 0.25) is 0 Å². The van der Waals surface area contributed by atoms with Gasteiger partial charge in [-0.15, -0.1) is 0 Å². The van der Waals surface area contributed by atoms with E-state index in [1.165, 1.54) is 38.5 Å². The zero-order chi connectivity index (χ0) is 19.6. The molecule has 4 fully saturated rings. The lowest BCUT2D eigenvalue weighted by molar-refractivity contribution is -0.126. The number of esters is 1. The average Bonchev–Trinajstić information content (AvgIpc) is 2.68. The molecule has 0 saturated heterocycles. The van der Waals surface area contributed by atoms with Gasteiger partial charge in [-0.2, -0.15) is 0 Å². The molecule has 0 aliphatic heterocycles. The average molecular weight is 386 g/mol. The second-order valence-corrected chi connectivity index (χ2v) is 8.97. The van der Waals surface area contributed by atoms with Gasteiger partial charge >= 0.3 is 5.97 Å². The lowest BCUT2D eigenvalue weighted by Gasteiger charge is -2.56. The number of carbonyl (C=O) groups is 2. The van der Waals surface area contributed by atoms with E-state index in [1.807, 2.05) is 0 Å². The molecule has 1 aromatic carbocycles. The van der Waals surface area contributed by atoms with Crippen LogP contribution < -0.4 is 10.6 Å². The number of para-hydroxylation sites is 1. The fourth-order valence-corrected chi connectivity index (χ4v) is 6.06. The maximum absolute atomic E-state index is 12.4. The summed E-state index contributed by atoms with van der Waals surface area (Å²) in [6.07, 6.45) is 7.87. The van der Waals surface area contributed by atoms with Gasteiger partial charge < -0.3 is 20.5 Å². The molecule has 0 spiro atoms. The molecule has 6 nitrogen and oxygen atoms in total. The first-order valence-corrected chi connectivity index (χ1v) is 10.4.